The number of benzene rings is 1. The van der Waals surface area contributed by atoms with E-state index in [4.69, 9.17) is 16.6 Å². The van der Waals surface area contributed by atoms with Gasteiger partial charge in [-0.15, -0.1) is 12.4 Å². The van der Waals surface area contributed by atoms with Crippen molar-refractivity contribution in [3.8, 4) is 0 Å². The first-order chi connectivity index (χ1) is 7.74. The highest BCUT2D eigenvalue weighted by Crippen LogP contribution is 2.01. The van der Waals surface area contributed by atoms with Gasteiger partial charge in [0.25, 0.3) is 0 Å². The number of nitrogens with two attached hydrogens (primary N) is 1. The van der Waals surface area contributed by atoms with Crippen molar-refractivity contribution in [2.45, 2.75) is 12.6 Å². The van der Waals surface area contributed by atoms with E-state index in [1.165, 1.54) is 0 Å². The number of carbonyl (C=O) groups excluding carboxylic acids is 1. The first-order valence-corrected chi connectivity index (χ1v) is 4.57. The first kappa shape index (κ1) is 13.0. The van der Waals surface area contributed by atoms with E-state index >= 15 is 0 Å². The van der Waals surface area contributed by atoms with Gasteiger partial charge in [0, 0.05) is 7.09 Å². The fourth-order valence-electron chi connectivity index (χ4n) is 1.03. The molecule has 1 aromatic carbocycles. The summed E-state index contributed by atoms with van der Waals surface area (Å²) in [5.41, 5.74) is 6.39. The molecule has 16 heavy (non-hydrogen) atoms. The van der Waals surface area contributed by atoms with Gasteiger partial charge in [0.2, 0.25) is 0 Å². The summed E-state index contributed by atoms with van der Waals surface area (Å²) >= 11 is 0. The van der Waals surface area contributed by atoms with Crippen LogP contribution in [0.2, 0.25) is 0 Å². The van der Waals surface area contributed by atoms with E-state index in [9.17, 15) is 4.79 Å². The van der Waals surface area contributed by atoms with Gasteiger partial charge in [-0.25, -0.2) is 0 Å². The van der Waals surface area contributed by atoms with Crippen LogP contribution in [0.5, 0.6) is 0 Å². The minimum Gasteiger partial charge on any atom is -0.460 e. The standard InChI is InChI=1S/C11H15NO3.ClH/c1-14-8-10(12)11(13)15-7-9-5-3-2-4-6-9;/h2-6,10H,7-8,12H2,1H3;1H/t10-;/m0./s1/i1D;. The summed E-state index contributed by atoms with van der Waals surface area (Å²) in [7, 11) is -0.209. The van der Waals surface area contributed by atoms with Crippen molar-refractivity contribution in [3.05, 3.63) is 35.9 Å². The van der Waals surface area contributed by atoms with Crippen LogP contribution in [0.15, 0.2) is 30.3 Å². The van der Waals surface area contributed by atoms with Crippen LogP contribution in [0.3, 0.4) is 0 Å². The molecule has 0 aliphatic heterocycles. The molecule has 4 nitrogen and oxygen atoms in total. The lowest BCUT2D eigenvalue weighted by Gasteiger charge is -2.10. The Morgan fingerprint density at radius 2 is 2.19 bits per heavy atom. The number of hydrogen-bond donors (Lipinski definition) is 1. The lowest BCUT2D eigenvalue weighted by atomic mass is 10.2. The molecular weight excluding hydrogens is 230 g/mol. The third kappa shape index (κ3) is 5.11. The van der Waals surface area contributed by atoms with Gasteiger partial charge in [0.05, 0.1) is 7.98 Å². The maximum Gasteiger partial charge on any atom is 0.325 e. The van der Waals surface area contributed by atoms with E-state index in [-0.39, 0.29) is 32.7 Å². The average Bonchev–Trinajstić information content (AvgIpc) is 2.34. The lowest BCUT2D eigenvalue weighted by Crippen LogP contribution is -2.36. The second-order valence-electron chi connectivity index (χ2n) is 3.07. The quantitative estimate of drug-likeness (QED) is 0.791. The Morgan fingerprint density at radius 1 is 1.50 bits per heavy atom. The van der Waals surface area contributed by atoms with Gasteiger partial charge in [0.1, 0.15) is 12.6 Å². The van der Waals surface area contributed by atoms with Crippen molar-refractivity contribution in [1.29, 1.82) is 0 Å². The summed E-state index contributed by atoms with van der Waals surface area (Å²) in [6, 6.07) is 8.52. The molecule has 0 saturated carbocycles. The highest BCUT2D eigenvalue weighted by molar-refractivity contribution is 5.85. The molecule has 0 fully saturated rings. The Kier molecular flexibility index (Phi) is 6.56. The summed E-state index contributed by atoms with van der Waals surface area (Å²) in [5, 5.41) is 0. The monoisotopic (exact) mass is 246 g/mol. The van der Waals surface area contributed by atoms with E-state index in [0.29, 0.717) is 0 Å². The molecule has 5 heteroatoms. The van der Waals surface area contributed by atoms with Crippen molar-refractivity contribution >= 4 is 18.4 Å². The van der Waals surface area contributed by atoms with Gasteiger partial charge < -0.3 is 15.2 Å². The molecule has 0 aromatic heterocycles. The predicted molar refractivity (Wildman–Crippen MR) is 63.3 cm³/mol. The van der Waals surface area contributed by atoms with Crippen molar-refractivity contribution in [2.24, 2.45) is 5.73 Å². The topological polar surface area (TPSA) is 61.5 Å². The van der Waals surface area contributed by atoms with Gasteiger partial charge >= 0.3 is 5.97 Å². The van der Waals surface area contributed by atoms with Crippen LogP contribution in [0.25, 0.3) is 0 Å². The van der Waals surface area contributed by atoms with Crippen molar-refractivity contribution in [2.75, 3.05) is 13.7 Å². The minimum atomic E-state index is -0.825. The molecule has 0 bridgehead atoms. The zero-order valence-electron chi connectivity index (χ0n) is 9.80. The molecule has 0 unspecified atom stereocenters. The van der Waals surface area contributed by atoms with E-state index < -0.39 is 12.0 Å². The molecule has 0 radical (unpaired) electrons. The molecule has 1 aromatic rings. The third-order valence-electron chi connectivity index (χ3n) is 1.82. The Labute approximate surface area is 103 Å². The summed E-state index contributed by atoms with van der Waals surface area (Å²) in [5.74, 6) is -0.516. The molecule has 0 aliphatic carbocycles. The minimum absolute atomic E-state index is 0. The molecule has 0 heterocycles. The second kappa shape index (κ2) is 8.10. The summed E-state index contributed by atoms with van der Waals surface area (Å²) in [6.07, 6.45) is 0. The normalized spacial score (nSPS) is 12.2. The van der Waals surface area contributed by atoms with Gasteiger partial charge in [-0.3, -0.25) is 4.79 Å². The van der Waals surface area contributed by atoms with Crippen LogP contribution < -0.4 is 5.73 Å². The number of ether oxygens (including phenoxy) is 2. The Morgan fingerprint density at radius 3 is 2.81 bits per heavy atom. The van der Waals surface area contributed by atoms with E-state index in [2.05, 4.69) is 0 Å². The lowest BCUT2D eigenvalue weighted by molar-refractivity contribution is -0.147. The highest BCUT2D eigenvalue weighted by atomic mass is 35.5. The van der Waals surface area contributed by atoms with Crippen LogP contribution in [0, 0.1) is 0 Å². The number of rotatable bonds is 5. The van der Waals surface area contributed by atoms with Crippen LogP contribution in [-0.2, 0) is 20.9 Å². The Hall–Kier alpha value is -1.10. The van der Waals surface area contributed by atoms with Crippen LogP contribution in [0.1, 0.15) is 6.93 Å². The predicted octanol–water partition coefficient (Wildman–Crippen LogP) is 1.13. The highest BCUT2D eigenvalue weighted by Gasteiger charge is 2.14. The number of carbonyl (C=O) groups is 1. The Bertz CT molecular complexity index is 324. The fraction of sp³-hybridized carbons (Fsp3) is 0.364. The molecule has 90 valence electrons. The van der Waals surface area contributed by atoms with Crippen molar-refractivity contribution in [1.82, 2.24) is 0 Å². The smallest absolute Gasteiger partial charge is 0.325 e. The van der Waals surface area contributed by atoms with Gasteiger partial charge in [0.15, 0.2) is 0 Å². The van der Waals surface area contributed by atoms with Gasteiger partial charge in [-0.2, -0.15) is 0 Å². The van der Waals surface area contributed by atoms with Crippen LogP contribution in [0.4, 0.5) is 0 Å². The zero-order valence-corrected chi connectivity index (χ0v) is 9.61. The largest absolute Gasteiger partial charge is 0.460 e. The fourth-order valence-corrected chi connectivity index (χ4v) is 1.03. The summed E-state index contributed by atoms with van der Waals surface area (Å²) in [6.45, 7) is 0.214. The summed E-state index contributed by atoms with van der Waals surface area (Å²) in [4.78, 5) is 11.3. The Balaban J connectivity index is 0.00000256. The average molecular weight is 247 g/mol. The maximum absolute atomic E-state index is 11.3. The van der Waals surface area contributed by atoms with E-state index in [1.807, 2.05) is 30.3 Å². The molecule has 1 atom stereocenters. The van der Waals surface area contributed by atoms with Crippen LogP contribution >= 0.6 is 12.4 Å². The van der Waals surface area contributed by atoms with E-state index in [1.54, 1.807) is 0 Å². The third-order valence-corrected chi connectivity index (χ3v) is 1.82. The molecule has 1 rings (SSSR count). The van der Waals surface area contributed by atoms with Crippen LogP contribution in [-0.4, -0.2) is 25.7 Å². The van der Waals surface area contributed by atoms with Gasteiger partial charge in [-0.05, 0) is 5.56 Å². The number of hydrogen-bond acceptors (Lipinski definition) is 4. The zero-order chi connectivity index (χ0) is 11.8. The number of esters is 1. The second-order valence-corrected chi connectivity index (χ2v) is 3.07. The molecular formula is C11H16ClNO3. The summed E-state index contributed by atoms with van der Waals surface area (Å²) < 4.78 is 16.4. The molecule has 0 spiro atoms. The van der Waals surface area contributed by atoms with Crippen molar-refractivity contribution < 1.29 is 15.6 Å². The SMILES string of the molecule is Cl.[2H]COC[C@H](N)C(=O)OCc1ccccc1. The first-order valence-electron chi connectivity index (χ1n) is 5.28. The molecule has 0 saturated heterocycles. The molecule has 0 amide bonds. The molecule has 0 aliphatic rings. The number of methoxy groups -OCH3 is 1. The maximum atomic E-state index is 11.3. The van der Waals surface area contributed by atoms with E-state index in [0.717, 1.165) is 5.56 Å². The molecule has 2 N–H and O–H groups in total. The van der Waals surface area contributed by atoms with Gasteiger partial charge in [-0.1, -0.05) is 30.3 Å². The van der Waals surface area contributed by atoms with Crippen molar-refractivity contribution in [3.63, 3.8) is 0 Å². The number of halogens is 1.